The number of sulfone groups is 1. The van der Waals surface area contributed by atoms with Crippen molar-refractivity contribution in [3.63, 3.8) is 0 Å². The molecule has 5 heteroatoms. The van der Waals surface area contributed by atoms with Crippen molar-refractivity contribution >= 4 is 9.84 Å². The summed E-state index contributed by atoms with van der Waals surface area (Å²) in [6.07, 6.45) is 0. The van der Waals surface area contributed by atoms with Gasteiger partial charge in [0.1, 0.15) is 5.75 Å². The minimum Gasteiger partial charge on any atom is -0.496 e. The maximum Gasteiger partial charge on any atom is 0.156 e. The van der Waals surface area contributed by atoms with Crippen LogP contribution in [-0.2, 0) is 22.1 Å². The van der Waals surface area contributed by atoms with E-state index in [0.717, 1.165) is 11.1 Å². The molecule has 0 saturated carbocycles. The fourth-order valence-corrected chi connectivity index (χ4v) is 2.63. The molecule has 102 valence electrons. The van der Waals surface area contributed by atoms with Crippen LogP contribution >= 0.6 is 0 Å². The molecule has 0 aliphatic carbocycles. The lowest BCUT2D eigenvalue weighted by molar-refractivity contribution is 0.410. The number of ether oxygens (including phenoxy) is 1. The predicted octanol–water partition coefficient (Wildman–Crippen LogP) is 1.74. The first kappa shape index (κ1) is 15.0. The van der Waals surface area contributed by atoms with E-state index in [1.54, 1.807) is 21.0 Å². The van der Waals surface area contributed by atoms with Gasteiger partial charge in [-0.25, -0.2) is 8.42 Å². The number of benzene rings is 1. The third kappa shape index (κ3) is 3.71. The quantitative estimate of drug-likeness (QED) is 0.856. The number of hydrogen-bond acceptors (Lipinski definition) is 4. The fourth-order valence-electron chi connectivity index (χ4n) is 1.64. The molecule has 0 aliphatic rings. The topological polar surface area (TPSA) is 55.4 Å². The third-order valence-corrected chi connectivity index (χ3v) is 4.95. The summed E-state index contributed by atoms with van der Waals surface area (Å²) >= 11 is 0. The largest absolute Gasteiger partial charge is 0.496 e. The monoisotopic (exact) mass is 271 g/mol. The van der Waals surface area contributed by atoms with Gasteiger partial charge in [-0.2, -0.15) is 0 Å². The van der Waals surface area contributed by atoms with Crippen LogP contribution in [0, 0.1) is 0 Å². The third-order valence-electron chi connectivity index (χ3n) is 2.80. The molecule has 1 rings (SSSR count). The standard InChI is InChI=1S/C13H21NO3S/c1-10(2)18(15,16)9-12-7-11(8-14-3)5-6-13(12)17-4/h5-7,10,14H,8-9H2,1-4H3. The molecule has 0 amide bonds. The van der Waals surface area contributed by atoms with E-state index < -0.39 is 9.84 Å². The molecule has 0 bridgehead atoms. The lowest BCUT2D eigenvalue weighted by Crippen LogP contribution is -2.17. The Kier molecular flexibility index (Phi) is 5.16. The van der Waals surface area contributed by atoms with Crippen molar-refractivity contribution in [2.75, 3.05) is 14.2 Å². The summed E-state index contributed by atoms with van der Waals surface area (Å²) < 4.78 is 29.2. The van der Waals surface area contributed by atoms with Gasteiger partial charge >= 0.3 is 0 Å². The predicted molar refractivity (Wildman–Crippen MR) is 73.5 cm³/mol. The van der Waals surface area contributed by atoms with Crippen LogP contribution in [0.4, 0.5) is 0 Å². The van der Waals surface area contributed by atoms with Gasteiger partial charge in [0.25, 0.3) is 0 Å². The average molecular weight is 271 g/mol. The van der Waals surface area contributed by atoms with Gasteiger partial charge in [0, 0.05) is 12.1 Å². The van der Waals surface area contributed by atoms with Gasteiger partial charge < -0.3 is 10.1 Å². The number of nitrogens with one attached hydrogen (secondary N) is 1. The van der Waals surface area contributed by atoms with Gasteiger partial charge in [-0.05, 0) is 38.6 Å². The Bertz CT molecular complexity index is 495. The highest BCUT2D eigenvalue weighted by molar-refractivity contribution is 7.91. The van der Waals surface area contributed by atoms with E-state index in [1.807, 2.05) is 25.2 Å². The molecule has 1 aromatic rings. The number of hydrogen-bond donors (Lipinski definition) is 1. The molecule has 1 aromatic carbocycles. The van der Waals surface area contributed by atoms with Gasteiger partial charge in [-0.3, -0.25) is 0 Å². The van der Waals surface area contributed by atoms with Crippen molar-refractivity contribution in [3.05, 3.63) is 29.3 Å². The van der Waals surface area contributed by atoms with Gasteiger partial charge in [0.05, 0.1) is 18.1 Å². The van der Waals surface area contributed by atoms with Gasteiger partial charge in [-0.15, -0.1) is 0 Å². The summed E-state index contributed by atoms with van der Waals surface area (Å²) in [7, 11) is 0.294. The molecule has 18 heavy (non-hydrogen) atoms. The molecular weight excluding hydrogens is 250 g/mol. The van der Waals surface area contributed by atoms with Crippen LogP contribution in [0.5, 0.6) is 5.75 Å². The molecular formula is C13H21NO3S. The fraction of sp³-hybridized carbons (Fsp3) is 0.538. The highest BCUT2D eigenvalue weighted by atomic mass is 32.2. The summed E-state index contributed by atoms with van der Waals surface area (Å²) in [5, 5.41) is 2.66. The van der Waals surface area contributed by atoms with Crippen molar-refractivity contribution in [1.82, 2.24) is 5.32 Å². The van der Waals surface area contributed by atoms with E-state index in [0.29, 0.717) is 12.3 Å². The second kappa shape index (κ2) is 6.20. The Balaban J connectivity index is 3.09. The molecule has 0 aromatic heterocycles. The molecule has 1 N–H and O–H groups in total. The Hall–Kier alpha value is -1.07. The Morgan fingerprint density at radius 3 is 2.50 bits per heavy atom. The Labute approximate surface area is 109 Å². The van der Waals surface area contributed by atoms with E-state index >= 15 is 0 Å². The van der Waals surface area contributed by atoms with Gasteiger partial charge in [0.15, 0.2) is 9.84 Å². The lowest BCUT2D eigenvalue weighted by Gasteiger charge is -2.13. The summed E-state index contributed by atoms with van der Waals surface area (Å²) in [6, 6.07) is 5.63. The molecule has 4 nitrogen and oxygen atoms in total. The van der Waals surface area contributed by atoms with Crippen LogP contribution in [0.3, 0.4) is 0 Å². The molecule has 0 fully saturated rings. The highest BCUT2D eigenvalue weighted by Gasteiger charge is 2.19. The molecule has 0 heterocycles. The van der Waals surface area contributed by atoms with Crippen LogP contribution in [0.25, 0.3) is 0 Å². The van der Waals surface area contributed by atoms with E-state index in [4.69, 9.17) is 4.74 Å². The summed E-state index contributed by atoms with van der Waals surface area (Å²) in [6.45, 7) is 4.09. The Morgan fingerprint density at radius 1 is 1.33 bits per heavy atom. The highest BCUT2D eigenvalue weighted by Crippen LogP contribution is 2.23. The molecule has 0 unspecified atom stereocenters. The normalized spacial score (nSPS) is 11.8. The summed E-state index contributed by atoms with van der Waals surface area (Å²) in [4.78, 5) is 0. The molecule has 0 saturated heterocycles. The van der Waals surface area contributed by atoms with Crippen molar-refractivity contribution in [1.29, 1.82) is 0 Å². The maximum absolute atomic E-state index is 12.0. The second-order valence-electron chi connectivity index (χ2n) is 4.53. The smallest absolute Gasteiger partial charge is 0.156 e. The second-order valence-corrected chi connectivity index (χ2v) is 7.09. The van der Waals surface area contributed by atoms with Crippen molar-refractivity contribution in [3.8, 4) is 5.75 Å². The van der Waals surface area contributed by atoms with Crippen molar-refractivity contribution < 1.29 is 13.2 Å². The van der Waals surface area contributed by atoms with Crippen LogP contribution in [-0.4, -0.2) is 27.8 Å². The molecule has 0 radical (unpaired) electrons. The van der Waals surface area contributed by atoms with Crippen molar-refractivity contribution in [2.45, 2.75) is 31.4 Å². The van der Waals surface area contributed by atoms with Crippen LogP contribution in [0.15, 0.2) is 18.2 Å². The average Bonchev–Trinajstić information content (AvgIpc) is 2.29. The SMILES string of the molecule is CNCc1ccc(OC)c(CS(=O)(=O)C(C)C)c1. The minimum atomic E-state index is -3.12. The molecule has 0 aliphatic heterocycles. The van der Waals surface area contributed by atoms with E-state index in [9.17, 15) is 8.42 Å². The van der Waals surface area contributed by atoms with E-state index in [1.165, 1.54) is 0 Å². The zero-order chi connectivity index (χ0) is 13.8. The first-order valence-corrected chi connectivity index (χ1v) is 7.64. The lowest BCUT2D eigenvalue weighted by atomic mass is 10.1. The van der Waals surface area contributed by atoms with Crippen LogP contribution in [0.1, 0.15) is 25.0 Å². The van der Waals surface area contributed by atoms with Crippen LogP contribution < -0.4 is 10.1 Å². The maximum atomic E-state index is 12.0. The molecule has 0 atom stereocenters. The zero-order valence-electron chi connectivity index (χ0n) is 11.4. The van der Waals surface area contributed by atoms with Crippen LogP contribution in [0.2, 0.25) is 0 Å². The van der Waals surface area contributed by atoms with Gasteiger partial charge in [-0.1, -0.05) is 6.07 Å². The summed E-state index contributed by atoms with van der Waals surface area (Å²) in [5.41, 5.74) is 1.77. The number of methoxy groups -OCH3 is 1. The number of rotatable bonds is 6. The van der Waals surface area contributed by atoms with Crippen molar-refractivity contribution in [2.24, 2.45) is 0 Å². The van der Waals surface area contributed by atoms with E-state index in [-0.39, 0.29) is 11.0 Å². The minimum absolute atomic E-state index is 0.0192. The first-order chi connectivity index (χ1) is 8.40. The zero-order valence-corrected chi connectivity index (χ0v) is 12.2. The molecule has 0 spiro atoms. The Morgan fingerprint density at radius 2 is 2.00 bits per heavy atom. The first-order valence-electron chi connectivity index (χ1n) is 5.92. The van der Waals surface area contributed by atoms with E-state index in [2.05, 4.69) is 5.32 Å². The van der Waals surface area contributed by atoms with Gasteiger partial charge in [0.2, 0.25) is 0 Å². The summed E-state index contributed by atoms with van der Waals surface area (Å²) in [5.74, 6) is 0.643.